The van der Waals surface area contributed by atoms with E-state index in [-0.39, 0.29) is 0 Å². The molecule has 0 atom stereocenters. The first-order valence-corrected chi connectivity index (χ1v) is 17.3. The van der Waals surface area contributed by atoms with Gasteiger partial charge in [-0.3, -0.25) is 0 Å². The minimum Gasteiger partial charge on any atom is -0.310 e. The van der Waals surface area contributed by atoms with E-state index < -0.39 is 0 Å². The molecule has 7 aromatic carbocycles. The van der Waals surface area contributed by atoms with Crippen molar-refractivity contribution in [2.24, 2.45) is 0 Å². The number of rotatable bonds is 3. The van der Waals surface area contributed by atoms with E-state index in [9.17, 15) is 0 Å². The molecule has 10 aromatic rings. The lowest BCUT2D eigenvalue weighted by Crippen LogP contribution is -1.97. The molecule has 218 valence electrons. The van der Waals surface area contributed by atoms with Gasteiger partial charge in [0.15, 0.2) is 5.69 Å². The number of hydrogen-bond acceptors (Lipinski definition) is 2. The number of thiophene rings is 2. The zero-order chi connectivity index (χ0) is 31.1. The SMILES string of the molecule is [C-]#[N+]c1cccc(-n2c3ccccc3c3ccccc32)c1-c1ccc2sc3ccc4c5cc(-c6ccccc6)ccc5sc4c3c2c1. The summed E-state index contributed by atoms with van der Waals surface area (Å²) in [5.41, 5.74) is 8.46. The molecule has 0 saturated carbocycles. The smallest absolute Gasteiger partial charge is 0.196 e. The van der Waals surface area contributed by atoms with Gasteiger partial charge in [-0.05, 0) is 65.2 Å². The van der Waals surface area contributed by atoms with E-state index in [1.807, 2.05) is 34.8 Å². The van der Waals surface area contributed by atoms with Gasteiger partial charge >= 0.3 is 0 Å². The van der Waals surface area contributed by atoms with Crippen molar-refractivity contribution in [1.82, 2.24) is 4.57 Å². The fourth-order valence-corrected chi connectivity index (χ4v) is 9.75. The van der Waals surface area contributed by atoms with Crippen LogP contribution in [0.3, 0.4) is 0 Å². The average Bonchev–Trinajstić information content (AvgIpc) is 3.80. The third-order valence-electron chi connectivity index (χ3n) is 9.43. The molecule has 0 bridgehead atoms. The van der Waals surface area contributed by atoms with Gasteiger partial charge in [0.1, 0.15) is 0 Å². The Labute approximate surface area is 278 Å². The molecule has 0 aliphatic rings. The van der Waals surface area contributed by atoms with Crippen LogP contribution in [-0.4, -0.2) is 4.57 Å². The lowest BCUT2D eigenvalue weighted by atomic mass is 9.98. The Bertz CT molecular complexity index is 2860. The van der Waals surface area contributed by atoms with Gasteiger partial charge in [0.05, 0.1) is 17.6 Å². The monoisotopic (exact) mass is 632 g/mol. The second-order valence-electron chi connectivity index (χ2n) is 12.0. The minimum absolute atomic E-state index is 0.656. The van der Waals surface area contributed by atoms with Crippen LogP contribution in [0.4, 0.5) is 5.69 Å². The van der Waals surface area contributed by atoms with Crippen molar-refractivity contribution in [3.8, 4) is 27.9 Å². The predicted octanol–water partition coefficient (Wildman–Crippen LogP) is 13.4. The van der Waals surface area contributed by atoms with Crippen molar-refractivity contribution in [1.29, 1.82) is 0 Å². The average molecular weight is 633 g/mol. The first kappa shape index (κ1) is 26.5. The predicted molar refractivity (Wildman–Crippen MR) is 204 cm³/mol. The number of fused-ring (bicyclic) bond motifs is 10. The lowest BCUT2D eigenvalue weighted by molar-refractivity contribution is 1.18. The van der Waals surface area contributed by atoms with Crippen molar-refractivity contribution in [3.05, 3.63) is 157 Å². The quantitative estimate of drug-likeness (QED) is 0.171. The lowest BCUT2D eigenvalue weighted by Gasteiger charge is -2.16. The molecular weight excluding hydrogens is 609 g/mol. The summed E-state index contributed by atoms with van der Waals surface area (Å²) in [4.78, 5) is 4.06. The summed E-state index contributed by atoms with van der Waals surface area (Å²) < 4.78 is 7.51. The van der Waals surface area contributed by atoms with Crippen LogP contribution in [0.1, 0.15) is 0 Å². The fourth-order valence-electron chi connectivity index (χ4n) is 7.35. The van der Waals surface area contributed by atoms with E-state index in [0.717, 1.165) is 27.8 Å². The Morgan fingerprint density at radius 1 is 0.468 bits per heavy atom. The molecule has 10 rings (SSSR count). The Balaban J connectivity index is 1.24. The van der Waals surface area contributed by atoms with E-state index in [4.69, 9.17) is 6.57 Å². The van der Waals surface area contributed by atoms with Gasteiger partial charge < -0.3 is 4.57 Å². The molecule has 0 aliphatic heterocycles. The Morgan fingerprint density at radius 2 is 1.13 bits per heavy atom. The topological polar surface area (TPSA) is 9.29 Å². The van der Waals surface area contributed by atoms with E-state index in [1.54, 1.807) is 0 Å². The molecule has 3 heterocycles. The summed E-state index contributed by atoms with van der Waals surface area (Å²) in [5.74, 6) is 0. The molecule has 0 amide bonds. The summed E-state index contributed by atoms with van der Waals surface area (Å²) in [7, 11) is 0. The molecule has 3 aromatic heterocycles. The summed E-state index contributed by atoms with van der Waals surface area (Å²) in [6.07, 6.45) is 0. The van der Waals surface area contributed by atoms with Gasteiger partial charge in [-0.25, -0.2) is 4.85 Å². The number of aromatic nitrogens is 1. The highest BCUT2D eigenvalue weighted by Crippen LogP contribution is 2.47. The molecule has 0 N–H and O–H groups in total. The highest BCUT2D eigenvalue weighted by molar-refractivity contribution is 7.29. The summed E-state index contributed by atoms with van der Waals surface area (Å²) >= 11 is 3.73. The molecular formula is C43H24N2S2. The van der Waals surface area contributed by atoms with Crippen LogP contribution < -0.4 is 0 Å². The number of benzene rings is 7. The van der Waals surface area contributed by atoms with E-state index >= 15 is 0 Å². The minimum atomic E-state index is 0.656. The van der Waals surface area contributed by atoms with E-state index in [2.05, 4.69) is 143 Å². The molecule has 0 aliphatic carbocycles. The van der Waals surface area contributed by atoms with Gasteiger partial charge in [-0.2, -0.15) is 0 Å². The van der Waals surface area contributed by atoms with E-state index in [1.165, 1.54) is 62.2 Å². The second kappa shape index (κ2) is 10.1. The van der Waals surface area contributed by atoms with Gasteiger partial charge in [0.25, 0.3) is 0 Å². The maximum atomic E-state index is 8.21. The molecule has 47 heavy (non-hydrogen) atoms. The standard InChI is InChI=1S/C43H24N2S2/c1-44-34-14-9-17-37(45-35-15-7-5-12-29(35)30-13-6-8-16-36(30)45)41(34)28-19-22-39-33(25-28)42-40(46-39)23-20-31-32-24-27(26-10-3-2-4-11-26)18-21-38(32)47-43(31)42/h2-25H. The van der Waals surface area contributed by atoms with Gasteiger partial charge in [-0.1, -0.05) is 97.1 Å². The molecule has 0 spiro atoms. The van der Waals surface area contributed by atoms with Crippen LogP contribution in [-0.2, 0) is 0 Å². The fraction of sp³-hybridized carbons (Fsp3) is 0. The molecule has 0 fully saturated rings. The molecule has 0 saturated heterocycles. The molecule has 0 radical (unpaired) electrons. The third-order valence-corrected chi connectivity index (χ3v) is 11.8. The highest BCUT2D eigenvalue weighted by Gasteiger charge is 2.20. The number of para-hydroxylation sites is 2. The van der Waals surface area contributed by atoms with Crippen molar-refractivity contribution in [2.45, 2.75) is 0 Å². The van der Waals surface area contributed by atoms with E-state index in [0.29, 0.717) is 5.69 Å². The largest absolute Gasteiger partial charge is 0.310 e. The first-order chi connectivity index (χ1) is 23.3. The van der Waals surface area contributed by atoms with Crippen molar-refractivity contribution in [3.63, 3.8) is 0 Å². The number of hydrogen-bond donors (Lipinski definition) is 0. The Morgan fingerprint density at radius 3 is 1.89 bits per heavy atom. The van der Waals surface area contributed by atoms with Crippen LogP contribution >= 0.6 is 22.7 Å². The number of nitrogens with zero attached hydrogens (tertiary/aromatic N) is 2. The molecule has 4 heteroatoms. The zero-order valence-corrected chi connectivity index (χ0v) is 26.7. The van der Waals surface area contributed by atoms with Crippen LogP contribution in [0.25, 0.3) is 94.9 Å². The van der Waals surface area contributed by atoms with Crippen LogP contribution in [0, 0.1) is 6.57 Å². The van der Waals surface area contributed by atoms with Gasteiger partial charge in [-0.15, -0.1) is 22.7 Å². The maximum Gasteiger partial charge on any atom is 0.196 e. The molecule has 2 nitrogen and oxygen atoms in total. The van der Waals surface area contributed by atoms with Gasteiger partial charge in [0.2, 0.25) is 0 Å². The second-order valence-corrected chi connectivity index (χ2v) is 14.1. The highest BCUT2D eigenvalue weighted by atomic mass is 32.1. The summed E-state index contributed by atoms with van der Waals surface area (Å²) in [6, 6.07) is 52.1. The van der Waals surface area contributed by atoms with Crippen LogP contribution in [0.15, 0.2) is 146 Å². The summed E-state index contributed by atoms with van der Waals surface area (Å²) in [6.45, 7) is 8.21. The summed E-state index contributed by atoms with van der Waals surface area (Å²) in [5, 5.41) is 7.58. The van der Waals surface area contributed by atoms with Crippen LogP contribution in [0.2, 0.25) is 0 Å². The Kier molecular flexibility index (Phi) is 5.71. The molecule has 0 unspecified atom stereocenters. The van der Waals surface area contributed by atoms with Crippen molar-refractivity contribution >= 4 is 90.5 Å². The maximum absolute atomic E-state index is 8.21. The van der Waals surface area contributed by atoms with Gasteiger partial charge in [0, 0.05) is 62.4 Å². The third kappa shape index (κ3) is 3.88. The van der Waals surface area contributed by atoms with Crippen LogP contribution in [0.5, 0.6) is 0 Å². The zero-order valence-electron chi connectivity index (χ0n) is 25.1. The first-order valence-electron chi connectivity index (χ1n) is 15.6. The Hall–Kier alpha value is -5.73. The normalized spacial score (nSPS) is 11.8. The van der Waals surface area contributed by atoms with Crippen molar-refractivity contribution < 1.29 is 0 Å². The van der Waals surface area contributed by atoms with Crippen molar-refractivity contribution in [2.75, 3.05) is 0 Å².